The van der Waals surface area contributed by atoms with Gasteiger partial charge in [0.2, 0.25) is 0 Å². The number of rotatable bonds is 4. The highest BCUT2D eigenvalue weighted by atomic mass is 32.2. The van der Waals surface area contributed by atoms with Crippen LogP contribution in [0.25, 0.3) is 0 Å². The van der Waals surface area contributed by atoms with E-state index in [4.69, 9.17) is 4.89 Å². The third-order valence-corrected chi connectivity index (χ3v) is 3.72. The minimum absolute atomic E-state index is 0.339. The second-order valence-electron chi connectivity index (χ2n) is 2.71. The molecule has 0 saturated heterocycles. The lowest BCUT2D eigenvalue weighted by atomic mass is 10.2. The van der Waals surface area contributed by atoms with Crippen molar-refractivity contribution in [3.05, 3.63) is 35.9 Å². The average molecular weight is 254 g/mol. The van der Waals surface area contributed by atoms with Crippen molar-refractivity contribution in [3.63, 3.8) is 0 Å². The summed E-state index contributed by atoms with van der Waals surface area (Å²) in [5.41, 5.74) is 0.339. The topological polar surface area (TPSA) is 80.7 Å². The van der Waals surface area contributed by atoms with Crippen LogP contribution in [0.1, 0.15) is 5.56 Å². The van der Waals surface area contributed by atoms with Crippen LogP contribution >= 0.6 is 7.91 Å². The van der Waals surface area contributed by atoms with Crippen molar-refractivity contribution in [1.82, 2.24) is 0 Å². The lowest BCUT2D eigenvalue weighted by Gasteiger charge is -2.04. The smallest absolute Gasteiger partial charge is 0.298 e. The molecule has 1 unspecified atom stereocenters. The van der Waals surface area contributed by atoms with Crippen molar-refractivity contribution < 1.29 is 26.0 Å². The number of halogens is 1. The van der Waals surface area contributed by atoms with Gasteiger partial charge in [-0.05, 0) is 5.56 Å². The second kappa shape index (κ2) is 4.40. The molecule has 0 radical (unpaired) electrons. The highest BCUT2D eigenvalue weighted by Crippen LogP contribution is 2.45. The fraction of sp³-hybridized carbons (Fsp3) is 0.143. The first kappa shape index (κ1) is 12.3. The maximum Gasteiger partial charge on any atom is 0.525 e. The van der Waals surface area contributed by atoms with E-state index in [0.717, 1.165) is 0 Å². The molecule has 0 aromatic heterocycles. The minimum Gasteiger partial charge on any atom is -0.298 e. The largest absolute Gasteiger partial charge is 0.525 e. The fourth-order valence-electron chi connectivity index (χ4n) is 0.945. The van der Waals surface area contributed by atoms with Crippen LogP contribution in [0.15, 0.2) is 30.3 Å². The summed E-state index contributed by atoms with van der Waals surface area (Å²) in [5, 5.41) is 0. The van der Waals surface area contributed by atoms with E-state index in [2.05, 4.69) is 3.97 Å². The lowest BCUT2D eigenvalue weighted by molar-refractivity contribution is 0.330. The van der Waals surface area contributed by atoms with Gasteiger partial charge < -0.3 is 0 Å². The fourth-order valence-corrected chi connectivity index (χ4v) is 2.88. The Morgan fingerprint density at radius 1 is 1.33 bits per heavy atom. The van der Waals surface area contributed by atoms with Crippen LogP contribution in [0, 0.1) is 0 Å². The monoisotopic (exact) mass is 254 g/mol. The Labute approximate surface area is 86.3 Å². The summed E-state index contributed by atoms with van der Waals surface area (Å²) in [5.74, 6) is -0.650. The number of hydrogen-bond acceptors (Lipinski definition) is 4. The molecular formula is C7H8FO5PS. The van der Waals surface area contributed by atoms with Gasteiger partial charge in [-0.3, -0.25) is 4.89 Å². The molecule has 1 atom stereocenters. The van der Waals surface area contributed by atoms with E-state index < -0.39 is 23.8 Å². The minimum atomic E-state index is -5.51. The molecule has 84 valence electrons. The molecule has 8 heteroatoms. The summed E-state index contributed by atoms with van der Waals surface area (Å²) in [7, 11) is -9.89. The van der Waals surface area contributed by atoms with Gasteiger partial charge in [-0.2, -0.15) is 12.4 Å². The summed E-state index contributed by atoms with van der Waals surface area (Å²) in [6.07, 6.45) is 0. The normalized spacial score (nSPS) is 15.9. The average Bonchev–Trinajstić information content (AvgIpc) is 1.99. The van der Waals surface area contributed by atoms with Crippen LogP contribution in [-0.4, -0.2) is 13.3 Å². The predicted molar refractivity (Wildman–Crippen MR) is 51.1 cm³/mol. The number of hydrogen-bond donors (Lipinski definition) is 1. The molecule has 1 aromatic carbocycles. The van der Waals surface area contributed by atoms with Gasteiger partial charge >= 0.3 is 7.91 Å². The van der Waals surface area contributed by atoms with Crippen molar-refractivity contribution >= 4 is 18.0 Å². The summed E-state index contributed by atoms with van der Waals surface area (Å²) in [6.45, 7) is 0. The van der Waals surface area contributed by atoms with Gasteiger partial charge in [0.1, 0.15) is 5.75 Å². The van der Waals surface area contributed by atoms with Crippen LogP contribution in [-0.2, 0) is 24.4 Å². The predicted octanol–water partition coefficient (Wildman–Crippen LogP) is 1.60. The van der Waals surface area contributed by atoms with Crippen molar-refractivity contribution in [1.29, 1.82) is 0 Å². The molecule has 0 aliphatic carbocycles. The molecule has 0 saturated carbocycles. The first-order valence-electron chi connectivity index (χ1n) is 3.79. The van der Waals surface area contributed by atoms with Gasteiger partial charge in [0.15, 0.2) is 0 Å². The molecule has 1 rings (SSSR count). The van der Waals surface area contributed by atoms with Crippen molar-refractivity contribution in [2.75, 3.05) is 0 Å². The molecule has 0 bridgehead atoms. The summed E-state index contributed by atoms with van der Waals surface area (Å²) >= 11 is 0. The summed E-state index contributed by atoms with van der Waals surface area (Å²) in [4.78, 5) is 8.12. The zero-order valence-corrected chi connectivity index (χ0v) is 9.12. The van der Waals surface area contributed by atoms with Crippen molar-refractivity contribution in [2.24, 2.45) is 0 Å². The van der Waals surface area contributed by atoms with Gasteiger partial charge in [-0.15, -0.1) is 4.20 Å². The zero-order chi connectivity index (χ0) is 11.5. The van der Waals surface area contributed by atoms with E-state index in [1.165, 1.54) is 12.1 Å². The van der Waals surface area contributed by atoms with E-state index in [1.807, 2.05) is 0 Å². The van der Waals surface area contributed by atoms with Crippen LogP contribution in [0.4, 0.5) is 4.20 Å². The highest BCUT2D eigenvalue weighted by molar-refractivity contribution is 7.89. The van der Waals surface area contributed by atoms with Gasteiger partial charge in [0.05, 0.1) is 0 Å². The van der Waals surface area contributed by atoms with E-state index >= 15 is 0 Å². The maximum absolute atomic E-state index is 12.1. The quantitative estimate of drug-likeness (QED) is 0.825. The standard InChI is InChI=1S/C7H8FO5PS/c8-14(9,10)13-15(11,12)6-7-4-2-1-3-5-7/h1-5H,6H2,(H,9,10). The van der Waals surface area contributed by atoms with Gasteiger partial charge in [0.25, 0.3) is 10.1 Å². The third kappa shape index (κ3) is 5.03. The van der Waals surface area contributed by atoms with Gasteiger partial charge in [0, 0.05) is 0 Å². The molecule has 0 fully saturated rings. The summed E-state index contributed by atoms with van der Waals surface area (Å²) in [6, 6.07) is 7.78. The molecule has 5 nitrogen and oxygen atoms in total. The van der Waals surface area contributed by atoms with Crippen LogP contribution in [0.2, 0.25) is 0 Å². The van der Waals surface area contributed by atoms with E-state index in [9.17, 15) is 17.2 Å². The first-order valence-corrected chi connectivity index (χ1v) is 6.83. The van der Waals surface area contributed by atoms with Crippen molar-refractivity contribution in [3.8, 4) is 0 Å². The van der Waals surface area contributed by atoms with Crippen LogP contribution < -0.4 is 0 Å². The van der Waals surface area contributed by atoms with Crippen LogP contribution in [0.3, 0.4) is 0 Å². The Kier molecular flexibility index (Phi) is 3.62. The highest BCUT2D eigenvalue weighted by Gasteiger charge is 2.27. The Morgan fingerprint density at radius 3 is 2.33 bits per heavy atom. The van der Waals surface area contributed by atoms with Crippen LogP contribution in [0.5, 0.6) is 0 Å². The molecular weight excluding hydrogens is 246 g/mol. The third-order valence-electron chi connectivity index (χ3n) is 1.39. The molecule has 0 heterocycles. The Balaban J connectivity index is 2.79. The summed E-state index contributed by atoms with van der Waals surface area (Å²) < 4.78 is 47.7. The maximum atomic E-state index is 12.1. The molecule has 0 amide bonds. The Morgan fingerprint density at radius 2 is 1.87 bits per heavy atom. The number of benzene rings is 1. The SMILES string of the molecule is O=P(O)(F)OS(=O)(=O)Cc1ccccc1. The van der Waals surface area contributed by atoms with Crippen molar-refractivity contribution in [2.45, 2.75) is 5.75 Å². The molecule has 0 spiro atoms. The Hall–Kier alpha value is -0.750. The molecule has 15 heavy (non-hydrogen) atoms. The first-order chi connectivity index (χ1) is 6.79. The van der Waals surface area contributed by atoms with E-state index in [0.29, 0.717) is 5.56 Å². The van der Waals surface area contributed by atoms with E-state index in [-0.39, 0.29) is 0 Å². The molecule has 1 N–H and O–H groups in total. The zero-order valence-electron chi connectivity index (χ0n) is 7.41. The second-order valence-corrected chi connectivity index (χ2v) is 5.62. The molecule has 1 aromatic rings. The Bertz CT molecular complexity index is 465. The van der Waals surface area contributed by atoms with Gasteiger partial charge in [-0.25, -0.2) is 4.57 Å². The van der Waals surface area contributed by atoms with E-state index in [1.54, 1.807) is 18.2 Å². The lowest BCUT2D eigenvalue weighted by Crippen LogP contribution is -2.06. The van der Waals surface area contributed by atoms with Gasteiger partial charge in [-0.1, -0.05) is 30.3 Å². The molecule has 0 aliphatic heterocycles. The molecule has 0 aliphatic rings.